The van der Waals surface area contributed by atoms with Crippen molar-refractivity contribution in [3.8, 4) is 0 Å². The van der Waals surface area contributed by atoms with E-state index in [9.17, 15) is 29.2 Å². The van der Waals surface area contributed by atoms with E-state index in [1.165, 1.54) is 6.92 Å². The Hall–Kier alpha value is -1.93. The standard InChI is InChI=1S/C14H23N4O10P/c1-4-26-29(24,17-7(2)13(22)25-3)27-6-8-10(20)11(21)12(28-8)18-14(23)16-9(19)5-15-18/h5,7-8,10-12,20-21H,4,6H2,1-3H3,(H,17,24)(H,16,19,23)/t7?,8-,10?,11?,12-,29?/m1/s1. The molecule has 1 aromatic heterocycles. The highest BCUT2D eigenvalue weighted by molar-refractivity contribution is 7.51. The maximum Gasteiger partial charge on any atom is 0.406 e. The molecule has 0 aromatic carbocycles. The molecule has 1 fully saturated rings. The molecule has 164 valence electrons. The second-order valence-corrected chi connectivity index (χ2v) is 7.78. The number of aromatic nitrogens is 3. The fourth-order valence-corrected chi connectivity index (χ4v) is 4.02. The first-order chi connectivity index (χ1) is 13.6. The minimum absolute atomic E-state index is 0.0197. The molecule has 2 rings (SSSR count). The minimum atomic E-state index is -4.00. The fourth-order valence-electron chi connectivity index (χ4n) is 2.53. The van der Waals surface area contributed by atoms with Crippen molar-refractivity contribution in [3.63, 3.8) is 0 Å². The largest absolute Gasteiger partial charge is 0.468 e. The van der Waals surface area contributed by atoms with Crippen LogP contribution in [0.1, 0.15) is 20.1 Å². The molecule has 0 amide bonds. The summed E-state index contributed by atoms with van der Waals surface area (Å²) in [6.07, 6.45) is -4.97. The number of aliphatic hydroxyl groups is 2. The number of aromatic amines is 1. The van der Waals surface area contributed by atoms with Crippen LogP contribution < -0.4 is 16.3 Å². The van der Waals surface area contributed by atoms with Crippen LogP contribution >= 0.6 is 7.75 Å². The number of hydrogen-bond acceptors (Lipinski definition) is 11. The molecule has 14 nitrogen and oxygen atoms in total. The topological polar surface area (TPSA) is 191 Å². The van der Waals surface area contributed by atoms with Crippen LogP contribution in [0, 0.1) is 0 Å². The van der Waals surface area contributed by atoms with Gasteiger partial charge in [-0.1, -0.05) is 0 Å². The van der Waals surface area contributed by atoms with E-state index in [-0.39, 0.29) is 6.61 Å². The van der Waals surface area contributed by atoms with Crippen molar-refractivity contribution in [2.75, 3.05) is 20.3 Å². The van der Waals surface area contributed by atoms with Gasteiger partial charge in [-0.05, 0) is 13.8 Å². The minimum Gasteiger partial charge on any atom is -0.468 e. The van der Waals surface area contributed by atoms with Crippen molar-refractivity contribution >= 4 is 13.7 Å². The van der Waals surface area contributed by atoms with Crippen LogP contribution in [0.4, 0.5) is 0 Å². The summed E-state index contributed by atoms with van der Waals surface area (Å²) in [5, 5.41) is 26.3. The van der Waals surface area contributed by atoms with Crippen LogP contribution in [0.2, 0.25) is 0 Å². The SMILES string of the molecule is CCOP(=O)(NC(C)C(=O)OC)OC[C@H]1O[C@@H](n2ncc(=O)[nH]c2=O)C(O)C1O. The first kappa shape index (κ1) is 23.3. The molecular formula is C14H23N4O10P. The summed E-state index contributed by atoms with van der Waals surface area (Å²) in [6, 6.07) is -1.02. The monoisotopic (exact) mass is 438 g/mol. The normalized spacial score (nSPS) is 27.3. The zero-order chi connectivity index (χ0) is 21.8. The first-order valence-corrected chi connectivity index (χ1v) is 10.1. The van der Waals surface area contributed by atoms with Crippen LogP contribution in [0.3, 0.4) is 0 Å². The Bertz CT molecular complexity index is 872. The smallest absolute Gasteiger partial charge is 0.406 e. The van der Waals surface area contributed by atoms with Crippen molar-refractivity contribution in [2.45, 2.75) is 44.4 Å². The predicted octanol–water partition coefficient (Wildman–Crippen LogP) is -2.14. The molecule has 1 aliphatic heterocycles. The van der Waals surface area contributed by atoms with E-state index in [1.807, 2.05) is 4.98 Å². The average molecular weight is 438 g/mol. The van der Waals surface area contributed by atoms with Gasteiger partial charge in [0, 0.05) is 0 Å². The summed E-state index contributed by atoms with van der Waals surface area (Å²) in [5.74, 6) is -0.704. The van der Waals surface area contributed by atoms with Crippen molar-refractivity contribution in [2.24, 2.45) is 0 Å². The summed E-state index contributed by atoms with van der Waals surface area (Å²) < 4.78 is 33.6. The Morgan fingerprint density at radius 1 is 1.41 bits per heavy atom. The molecule has 4 unspecified atom stereocenters. The molecule has 0 aliphatic carbocycles. The fraction of sp³-hybridized carbons (Fsp3) is 0.714. The molecular weight excluding hydrogens is 415 g/mol. The van der Waals surface area contributed by atoms with Gasteiger partial charge in [-0.25, -0.2) is 14.4 Å². The molecule has 2 heterocycles. The predicted molar refractivity (Wildman–Crippen MR) is 94.8 cm³/mol. The van der Waals surface area contributed by atoms with Crippen molar-refractivity contribution in [1.82, 2.24) is 19.9 Å². The lowest BCUT2D eigenvalue weighted by atomic mass is 10.1. The van der Waals surface area contributed by atoms with Crippen LogP contribution in [0.15, 0.2) is 15.8 Å². The van der Waals surface area contributed by atoms with E-state index < -0.39 is 62.2 Å². The summed E-state index contributed by atoms with van der Waals surface area (Å²) in [7, 11) is -2.85. The van der Waals surface area contributed by atoms with Gasteiger partial charge in [0.25, 0.3) is 5.56 Å². The van der Waals surface area contributed by atoms with Crippen LogP contribution in [-0.2, 0) is 27.9 Å². The molecule has 29 heavy (non-hydrogen) atoms. The summed E-state index contributed by atoms with van der Waals surface area (Å²) in [5.41, 5.74) is -1.70. The summed E-state index contributed by atoms with van der Waals surface area (Å²) in [6.45, 7) is 2.39. The zero-order valence-corrected chi connectivity index (χ0v) is 16.8. The van der Waals surface area contributed by atoms with Gasteiger partial charge in [-0.3, -0.25) is 23.6 Å². The number of hydrogen-bond donors (Lipinski definition) is 4. The number of nitrogens with zero attached hydrogens (tertiary/aromatic N) is 2. The lowest BCUT2D eigenvalue weighted by Crippen LogP contribution is -2.39. The van der Waals surface area contributed by atoms with Crippen LogP contribution in [0.25, 0.3) is 0 Å². The molecule has 4 N–H and O–H groups in total. The second kappa shape index (κ2) is 9.71. The molecule has 1 aromatic rings. The van der Waals surface area contributed by atoms with Gasteiger partial charge in [0.15, 0.2) is 6.23 Å². The highest BCUT2D eigenvalue weighted by Crippen LogP contribution is 2.45. The Kier molecular flexibility index (Phi) is 7.82. The highest BCUT2D eigenvalue weighted by Gasteiger charge is 2.46. The highest BCUT2D eigenvalue weighted by atomic mass is 31.2. The third kappa shape index (κ3) is 5.57. The first-order valence-electron chi connectivity index (χ1n) is 8.56. The Labute approximate surface area is 164 Å². The maximum atomic E-state index is 12.8. The third-order valence-corrected chi connectivity index (χ3v) is 5.72. The van der Waals surface area contributed by atoms with Gasteiger partial charge in [-0.2, -0.15) is 9.78 Å². The number of carbonyl (C=O) groups excluding carboxylic acids is 1. The van der Waals surface area contributed by atoms with Gasteiger partial charge >= 0.3 is 19.4 Å². The van der Waals surface area contributed by atoms with Gasteiger partial charge in [0.1, 0.15) is 30.6 Å². The molecule has 0 bridgehead atoms. The Balaban J connectivity index is 2.10. The van der Waals surface area contributed by atoms with Crippen molar-refractivity contribution in [3.05, 3.63) is 27.0 Å². The van der Waals surface area contributed by atoms with Crippen LogP contribution in [-0.4, -0.2) is 75.6 Å². The number of H-pyrrole nitrogens is 1. The second-order valence-electron chi connectivity index (χ2n) is 6.01. The average Bonchev–Trinajstić information content (AvgIpc) is 2.94. The van der Waals surface area contributed by atoms with Crippen molar-refractivity contribution in [1.29, 1.82) is 0 Å². The number of aliphatic hydroxyl groups excluding tert-OH is 2. The van der Waals surface area contributed by atoms with E-state index in [1.54, 1.807) is 6.92 Å². The molecule has 0 saturated carbocycles. The van der Waals surface area contributed by atoms with Crippen molar-refractivity contribution < 1.29 is 38.1 Å². The van der Waals surface area contributed by atoms with E-state index >= 15 is 0 Å². The van der Waals surface area contributed by atoms with Gasteiger partial charge in [-0.15, -0.1) is 0 Å². The van der Waals surface area contributed by atoms with E-state index in [4.69, 9.17) is 13.8 Å². The Morgan fingerprint density at radius 3 is 2.69 bits per heavy atom. The van der Waals surface area contributed by atoms with E-state index in [0.29, 0.717) is 4.68 Å². The molecule has 15 heteroatoms. The lowest BCUT2D eigenvalue weighted by molar-refractivity contribution is -0.142. The van der Waals surface area contributed by atoms with E-state index in [0.717, 1.165) is 13.3 Å². The number of nitrogens with one attached hydrogen (secondary N) is 2. The lowest BCUT2D eigenvalue weighted by Gasteiger charge is -2.23. The summed E-state index contributed by atoms with van der Waals surface area (Å²) in [4.78, 5) is 36.4. The van der Waals surface area contributed by atoms with Gasteiger partial charge in [0.2, 0.25) is 0 Å². The number of methoxy groups -OCH3 is 1. The molecule has 6 atom stereocenters. The molecule has 1 aliphatic rings. The number of rotatable bonds is 9. The number of ether oxygens (including phenoxy) is 2. The van der Waals surface area contributed by atoms with Gasteiger partial charge < -0.3 is 19.7 Å². The van der Waals surface area contributed by atoms with Crippen LogP contribution in [0.5, 0.6) is 0 Å². The molecule has 1 saturated heterocycles. The number of carbonyl (C=O) groups is 1. The quantitative estimate of drug-likeness (QED) is 0.242. The third-order valence-electron chi connectivity index (χ3n) is 3.93. The number of esters is 1. The molecule has 0 radical (unpaired) electrons. The van der Waals surface area contributed by atoms with E-state index in [2.05, 4.69) is 14.9 Å². The Morgan fingerprint density at radius 2 is 2.10 bits per heavy atom. The maximum absolute atomic E-state index is 12.8. The van der Waals surface area contributed by atoms with Gasteiger partial charge in [0.05, 0.1) is 20.3 Å². The molecule has 0 spiro atoms. The zero-order valence-electron chi connectivity index (χ0n) is 15.9. The summed E-state index contributed by atoms with van der Waals surface area (Å²) >= 11 is 0.